The van der Waals surface area contributed by atoms with Gasteiger partial charge < -0.3 is 15.0 Å². The molecule has 0 aliphatic heterocycles. The van der Waals surface area contributed by atoms with Gasteiger partial charge in [0.1, 0.15) is 5.82 Å². The van der Waals surface area contributed by atoms with Crippen molar-refractivity contribution in [3.63, 3.8) is 0 Å². The Morgan fingerprint density at radius 1 is 1.56 bits per heavy atom. The summed E-state index contributed by atoms with van der Waals surface area (Å²) >= 11 is 0. The summed E-state index contributed by atoms with van der Waals surface area (Å²) in [6, 6.07) is 5.79. The maximum atomic E-state index is 11.0. The van der Waals surface area contributed by atoms with E-state index in [1.807, 2.05) is 29.8 Å². The van der Waals surface area contributed by atoms with E-state index < -0.39 is 0 Å². The fraction of sp³-hybridized carbons (Fsp3) is 0.231. The zero-order valence-corrected chi connectivity index (χ0v) is 10.4. The molecule has 0 saturated heterocycles. The van der Waals surface area contributed by atoms with Crippen LogP contribution in [0.4, 0.5) is 0 Å². The highest BCUT2D eigenvalue weighted by Gasteiger charge is 2.05. The van der Waals surface area contributed by atoms with Gasteiger partial charge in [-0.2, -0.15) is 0 Å². The van der Waals surface area contributed by atoms with E-state index in [1.165, 1.54) is 13.2 Å². The Kier molecular flexibility index (Phi) is 3.43. The number of carbonyl (C=O) groups is 1. The number of esters is 1. The summed E-state index contributed by atoms with van der Waals surface area (Å²) in [6.07, 6.45) is 3.08. The van der Waals surface area contributed by atoms with Crippen LogP contribution in [0.2, 0.25) is 0 Å². The first-order valence-electron chi connectivity index (χ1n) is 5.57. The number of fused-ring (bicyclic) bond motifs is 1. The van der Waals surface area contributed by atoms with Gasteiger partial charge >= 0.3 is 5.97 Å². The number of imidazole rings is 1. The third-order valence-electron chi connectivity index (χ3n) is 2.79. The third kappa shape index (κ3) is 2.26. The van der Waals surface area contributed by atoms with Gasteiger partial charge in [-0.25, -0.2) is 9.78 Å². The number of rotatable bonds is 3. The van der Waals surface area contributed by atoms with E-state index in [1.54, 1.807) is 6.08 Å². The van der Waals surface area contributed by atoms with Gasteiger partial charge in [0.2, 0.25) is 0 Å². The molecule has 0 bridgehead atoms. The van der Waals surface area contributed by atoms with Crippen molar-refractivity contribution in [3.05, 3.63) is 35.7 Å². The van der Waals surface area contributed by atoms with E-state index in [-0.39, 0.29) is 5.97 Å². The molecule has 18 heavy (non-hydrogen) atoms. The first-order valence-corrected chi connectivity index (χ1v) is 5.57. The van der Waals surface area contributed by atoms with Crippen LogP contribution in [0.25, 0.3) is 17.1 Å². The topological polar surface area (TPSA) is 70.1 Å². The van der Waals surface area contributed by atoms with Gasteiger partial charge in [-0.3, -0.25) is 0 Å². The minimum atomic E-state index is -0.376. The number of carbonyl (C=O) groups excluding carboxylic acids is 1. The molecule has 0 unspecified atom stereocenters. The molecule has 0 saturated carbocycles. The molecule has 2 N–H and O–H groups in total. The van der Waals surface area contributed by atoms with E-state index in [9.17, 15) is 4.79 Å². The molecule has 94 valence electrons. The van der Waals surface area contributed by atoms with Crippen LogP contribution < -0.4 is 5.73 Å². The molecular formula is C13H15N3O2. The SMILES string of the molecule is COC(=O)/C=C/c1ccc2c(c1)nc(CN)n2C. The third-order valence-corrected chi connectivity index (χ3v) is 2.79. The second-order valence-corrected chi connectivity index (χ2v) is 3.90. The molecule has 0 amide bonds. The molecular weight excluding hydrogens is 230 g/mol. The Hall–Kier alpha value is -2.14. The minimum Gasteiger partial charge on any atom is -0.466 e. The van der Waals surface area contributed by atoms with E-state index in [2.05, 4.69) is 9.72 Å². The lowest BCUT2D eigenvalue weighted by atomic mass is 10.2. The summed E-state index contributed by atoms with van der Waals surface area (Å²) in [5.74, 6) is 0.456. The van der Waals surface area contributed by atoms with Gasteiger partial charge in [0, 0.05) is 13.1 Å². The van der Waals surface area contributed by atoms with Crippen molar-refractivity contribution in [1.29, 1.82) is 0 Å². The number of hydrogen-bond donors (Lipinski definition) is 1. The Bertz CT molecular complexity index is 614. The fourth-order valence-corrected chi connectivity index (χ4v) is 1.79. The van der Waals surface area contributed by atoms with Crippen LogP contribution in [-0.2, 0) is 23.1 Å². The van der Waals surface area contributed by atoms with Gasteiger partial charge in [0.15, 0.2) is 0 Å². The Balaban J connectivity index is 2.39. The molecule has 1 heterocycles. The lowest BCUT2D eigenvalue weighted by Gasteiger charge is -1.98. The number of hydrogen-bond acceptors (Lipinski definition) is 4. The summed E-state index contributed by atoms with van der Waals surface area (Å²) in [5.41, 5.74) is 8.39. The first kappa shape index (κ1) is 12.3. The van der Waals surface area contributed by atoms with Crippen LogP contribution in [0, 0.1) is 0 Å². The lowest BCUT2D eigenvalue weighted by molar-refractivity contribution is -0.134. The number of benzene rings is 1. The van der Waals surface area contributed by atoms with Crippen LogP contribution in [0.1, 0.15) is 11.4 Å². The average molecular weight is 245 g/mol. The summed E-state index contributed by atoms with van der Waals surface area (Å²) in [5, 5.41) is 0. The average Bonchev–Trinajstić information content (AvgIpc) is 2.72. The smallest absolute Gasteiger partial charge is 0.330 e. The van der Waals surface area contributed by atoms with Crippen molar-refractivity contribution < 1.29 is 9.53 Å². The molecule has 0 aliphatic rings. The number of nitrogens with two attached hydrogens (primary N) is 1. The van der Waals surface area contributed by atoms with Crippen LogP contribution >= 0.6 is 0 Å². The van der Waals surface area contributed by atoms with Crippen LogP contribution in [0.15, 0.2) is 24.3 Å². The number of nitrogens with zero attached hydrogens (tertiary/aromatic N) is 2. The highest BCUT2D eigenvalue weighted by molar-refractivity contribution is 5.88. The van der Waals surface area contributed by atoms with E-state index in [4.69, 9.17) is 5.73 Å². The summed E-state index contributed by atoms with van der Waals surface area (Å²) in [4.78, 5) is 15.4. The largest absolute Gasteiger partial charge is 0.466 e. The van der Waals surface area contributed by atoms with Crippen molar-refractivity contribution >= 4 is 23.1 Å². The first-order chi connectivity index (χ1) is 8.65. The summed E-state index contributed by atoms with van der Waals surface area (Å²) in [7, 11) is 3.28. The zero-order valence-electron chi connectivity index (χ0n) is 10.4. The Morgan fingerprint density at radius 3 is 3.00 bits per heavy atom. The summed E-state index contributed by atoms with van der Waals surface area (Å²) < 4.78 is 6.50. The molecule has 1 aromatic carbocycles. The summed E-state index contributed by atoms with van der Waals surface area (Å²) in [6.45, 7) is 0.401. The molecule has 0 aliphatic carbocycles. The van der Waals surface area contributed by atoms with Gasteiger partial charge in [0.05, 0.1) is 24.7 Å². The normalized spacial score (nSPS) is 11.3. The fourth-order valence-electron chi connectivity index (χ4n) is 1.79. The lowest BCUT2D eigenvalue weighted by Crippen LogP contribution is -2.04. The monoisotopic (exact) mass is 245 g/mol. The Morgan fingerprint density at radius 2 is 2.33 bits per heavy atom. The molecule has 0 radical (unpaired) electrons. The maximum Gasteiger partial charge on any atom is 0.330 e. The van der Waals surface area contributed by atoms with Crippen molar-refractivity contribution in [2.45, 2.75) is 6.54 Å². The quantitative estimate of drug-likeness (QED) is 0.652. The highest BCUT2D eigenvalue weighted by atomic mass is 16.5. The van der Waals surface area contributed by atoms with Gasteiger partial charge in [-0.05, 0) is 23.8 Å². The molecule has 0 spiro atoms. The maximum absolute atomic E-state index is 11.0. The van der Waals surface area contributed by atoms with Crippen molar-refractivity contribution in [1.82, 2.24) is 9.55 Å². The molecule has 1 aromatic heterocycles. The molecule has 2 aromatic rings. The number of aromatic nitrogens is 2. The molecule has 0 atom stereocenters. The van der Waals surface area contributed by atoms with Gasteiger partial charge in [-0.1, -0.05) is 6.07 Å². The molecule has 5 heteroatoms. The van der Waals surface area contributed by atoms with Crippen LogP contribution in [0.5, 0.6) is 0 Å². The standard InChI is InChI=1S/C13H15N3O2/c1-16-11-5-3-9(4-6-13(17)18-2)7-10(11)15-12(16)8-14/h3-7H,8,14H2,1-2H3/b6-4+. The zero-order chi connectivity index (χ0) is 13.1. The molecule has 5 nitrogen and oxygen atoms in total. The van der Waals surface area contributed by atoms with E-state index in [0.717, 1.165) is 22.4 Å². The van der Waals surface area contributed by atoms with Crippen LogP contribution in [-0.4, -0.2) is 22.6 Å². The van der Waals surface area contributed by atoms with Crippen LogP contribution in [0.3, 0.4) is 0 Å². The van der Waals surface area contributed by atoms with Crippen molar-refractivity contribution in [2.24, 2.45) is 12.8 Å². The highest BCUT2D eigenvalue weighted by Crippen LogP contribution is 2.17. The van der Waals surface area contributed by atoms with Crippen molar-refractivity contribution in [3.8, 4) is 0 Å². The molecule has 0 fully saturated rings. The van der Waals surface area contributed by atoms with E-state index in [0.29, 0.717) is 6.54 Å². The van der Waals surface area contributed by atoms with Gasteiger partial charge in [0.25, 0.3) is 0 Å². The van der Waals surface area contributed by atoms with Crippen molar-refractivity contribution in [2.75, 3.05) is 7.11 Å². The van der Waals surface area contributed by atoms with Gasteiger partial charge in [-0.15, -0.1) is 0 Å². The second-order valence-electron chi connectivity index (χ2n) is 3.90. The number of aryl methyl sites for hydroxylation is 1. The minimum absolute atomic E-state index is 0.376. The van der Waals surface area contributed by atoms with E-state index >= 15 is 0 Å². The molecule has 2 rings (SSSR count). The predicted octanol–water partition coefficient (Wildman–Crippen LogP) is 1.22. The second kappa shape index (κ2) is 5.01. The Labute approximate surface area is 105 Å². The number of ether oxygens (including phenoxy) is 1. The number of methoxy groups -OCH3 is 1. The predicted molar refractivity (Wildman–Crippen MR) is 69.7 cm³/mol.